The smallest absolute Gasteiger partial charge is 0.301 e. The van der Waals surface area contributed by atoms with Crippen molar-refractivity contribution in [2.45, 2.75) is 6.92 Å². The topological polar surface area (TPSA) is 85.3 Å². The van der Waals surface area contributed by atoms with Crippen LogP contribution >= 0.6 is 0 Å². The number of rotatable bonds is 6. The van der Waals surface area contributed by atoms with Crippen LogP contribution in [-0.2, 0) is 9.59 Å². The van der Waals surface area contributed by atoms with E-state index in [9.17, 15) is 14.7 Å². The van der Waals surface area contributed by atoms with Crippen LogP contribution in [0.25, 0.3) is 5.57 Å². The highest BCUT2D eigenvalue weighted by molar-refractivity contribution is 6.44. The van der Waals surface area contributed by atoms with Crippen molar-refractivity contribution in [3.8, 4) is 17.2 Å². The molecule has 1 N–H and O–H groups in total. The normalized spacial score (nSPS) is 14.0. The molecule has 0 aromatic heterocycles. The number of carbonyl (C=O) groups excluding carboxylic acids is 2. The first kappa shape index (κ1) is 18.3. The van der Waals surface area contributed by atoms with Gasteiger partial charge in [0.2, 0.25) is 0 Å². The summed E-state index contributed by atoms with van der Waals surface area (Å²) in [5, 5.41) is 10.3. The highest BCUT2D eigenvalue weighted by Crippen LogP contribution is 2.36. The van der Waals surface area contributed by atoms with Crippen molar-refractivity contribution in [1.82, 2.24) is 0 Å². The molecule has 2 aromatic rings. The Kier molecular flexibility index (Phi) is 5.03. The maximum Gasteiger partial charge on any atom is 0.301 e. The fourth-order valence-electron chi connectivity index (χ4n) is 2.86. The number of ether oxygens (including phenoxy) is 3. The van der Waals surface area contributed by atoms with Gasteiger partial charge in [-0.1, -0.05) is 6.07 Å². The number of imide groups is 1. The van der Waals surface area contributed by atoms with Gasteiger partial charge in [-0.25, -0.2) is 4.90 Å². The summed E-state index contributed by atoms with van der Waals surface area (Å²) >= 11 is 0. The fraction of sp³-hybridized carbons (Fsp3) is 0.200. The Morgan fingerprint density at radius 1 is 0.926 bits per heavy atom. The quantitative estimate of drug-likeness (QED) is 0.788. The van der Waals surface area contributed by atoms with Crippen molar-refractivity contribution in [2.75, 3.05) is 25.7 Å². The van der Waals surface area contributed by atoms with Crippen molar-refractivity contribution in [3.63, 3.8) is 0 Å². The van der Waals surface area contributed by atoms with Gasteiger partial charge in [-0.2, -0.15) is 0 Å². The fourth-order valence-corrected chi connectivity index (χ4v) is 2.86. The Balaban J connectivity index is 1.97. The molecule has 3 rings (SSSR count). The number of hydrogen-bond donors (Lipinski definition) is 1. The first-order chi connectivity index (χ1) is 13.0. The molecule has 1 aliphatic rings. The molecule has 140 valence electrons. The molecule has 2 aromatic carbocycles. The third-order valence-corrected chi connectivity index (χ3v) is 4.14. The van der Waals surface area contributed by atoms with Gasteiger partial charge in [0, 0.05) is 0 Å². The molecule has 1 heterocycles. The van der Waals surface area contributed by atoms with E-state index in [-0.39, 0.29) is 5.57 Å². The van der Waals surface area contributed by atoms with Crippen LogP contribution in [0.2, 0.25) is 0 Å². The Morgan fingerprint density at radius 3 is 2.19 bits per heavy atom. The highest BCUT2D eigenvalue weighted by atomic mass is 16.5. The van der Waals surface area contributed by atoms with Gasteiger partial charge in [0.25, 0.3) is 5.91 Å². The maximum atomic E-state index is 12.9. The Hall–Kier alpha value is -3.48. The number of aliphatic hydroxyl groups excluding tert-OH is 1. The molecule has 0 atom stereocenters. The molecule has 2 amide bonds. The van der Waals surface area contributed by atoms with Gasteiger partial charge < -0.3 is 19.3 Å². The van der Waals surface area contributed by atoms with Gasteiger partial charge in [0.1, 0.15) is 5.75 Å². The van der Waals surface area contributed by atoms with E-state index in [4.69, 9.17) is 14.2 Å². The summed E-state index contributed by atoms with van der Waals surface area (Å²) in [7, 11) is 2.95. The summed E-state index contributed by atoms with van der Waals surface area (Å²) in [6, 6.07) is 11.2. The summed E-state index contributed by atoms with van der Waals surface area (Å²) < 4.78 is 15.8. The molecule has 0 aliphatic carbocycles. The van der Waals surface area contributed by atoms with Gasteiger partial charge in [-0.15, -0.1) is 0 Å². The Bertz CT molecular complexity index is 917. The largest absolute Gasteiger partial charge is 0.502 e. The van der Waals surface area contributed by atoms with Crippen molar-refractivity contribution in [1.29, 1.82) is 0 Å². The van der Waals surface area contributed by atoms with E-state index < -0.39 is 17.6 Å². The lowest BCUT2D eigenvalue weighted by molar-refractivity contribution is -0.121. The molecule has 7 heteroatoms. The molecule has 7 nitrogen and oxygen atoms in total. The minimum Gasteiger partial charge on any atom is -0.502 e. The highest BCUT2D eigenvalue weighted by Gasteiger charge is 2.40. The molecule has 0 unspecified atom stereocenters. The van der Waals surface area contributed by atoms with Crippen molar-refractivity contribution < 1.29 is 28.9 Å². The first-order valence-electron chi connectivity index (χ1n) is 8.29. The predicted octanol–water partition coefficient (Wildman–Crippen LogP) is 2.95. The number of aliphatic hydroxyl groups is 1. The van der Waals surface area contributed by atoms with Crippen LogP contribution < -0.4 is 19.1 Å². The van der Waals surface area contributed by atoms with Crippen molar-refractivity contribution >= 4 is 23.1 Å². The number of anilines is 1. The summed E-state index contributed by atoms with van der Waals surface area (Å²) in [4.78, 5) is 26.3. The van der Waals surface area contributed by atoms with E-state index in [0.29, 0.717) is 35.1 Å². The number of benzene rings is 2. The average molecular weight is 369 g/mol. The molecule has 0 fully saturated rings. The van der Waals surface area contributed by atoms with Gasteiger partial charge in [0.15, 0.2) is 17.3 Å². The molecular weight excluding hydrogens is 350 g/mol. The minimum atomic E-state index is -0.783. The molecule has 0 radical (unpaired) electrons. The second-order valence-corrected chi connectivity index (χ2v) is 5.67. The molecule has 0 saturated heterocycles. The van der Waals surface area contributed by atoms with E-state index >= 15 is 0 Å². The predicted molar refractivity (Wildman–Crippen MR) is 99.2 cm³/mol. The maximum absolute atomic E-state index is 12.9. The Morgan fingerprint density at radius 2 is 1.59 bits per heavy atom. The summed E-state index contributed by atoms with van der Waals surface area (Å²) in [5.74, 6) is -0.530. The molecule has 1 aliphatic heterocycles. The SMILES string of the molecule is CCOc1ccc(N2C(=O)C(O)=C(c3ccc(OC)c(OC)c3)C2=O)cc1. The van der Waals surface area contributed by atoms with Gasteiger partial charge in [-0.3, -0.25) is 9.59 Å². The third-order valence-electron chi connectivity index (χ3n) is 4.14. The molecule has 0 saturated carbocycles. The van der Waals surface area contributed by atoms with E-state index in [0.717, 1.165) is 4.90 Å². The van der Waals surface area contributed by atoms with Crippen LogP contribution in [0.3, 0.4) is 0 Å². The number of methoxy groups -OCH3 is 2. The zero-order valence-electron chi connectivity index (χ0n) is 15.2. The van der Waals surface area contributed by atoms with E-state index in [1.54, 1.807) is 36.4 Å². The van der Waals surface area contributed by atoms with Gasteiger partial charge >= 0.3 is 5.91 Å². The second-order valence-electron chi connectivity index (χ2n) is 5.67. The number of amides is 2. The van der Waals surface area contributed by atoms with E-state index in [1.165, 1.54) is 20.3 Å². The lowest BCUT2D eigenvalue weighted by Crippen LogP contribution is -2.31. The zero-order valence-corrected chi connectivity index (χ0v) is 15.2. The minimum absolute atomic E-state index is 0.0881. The van der Waals surface area contributed by atoms with Crippen LogP contribution in [0.15, 0.2) is 48.2 Å². The number of carbonyl (C=O) groups is 2. The Labute approximate surface area is 156 Å². The molecule has 0 bridgehead atoms. The van der Waals surface area contributed by atoms with Crippen LogP contribution in [0, 0.1) is 0 Å². The standard InChI is InChI=1S/C20H19NO6/c1-4-27-14-8-6-13(7-9-14)21-19(23)17(18(22)20(21)24)12-5-10-15(25-2)16(11-12)26-3/h5-11,22H,4H2,1-3H3. The van der Waals surface area contributed by atoms with Crippen LogP contribution in [0.4, 0.5) is 5.69 Å². The number of hydrogen-bond acceptors (Lipinski definition) is 6. The molecule has 0 spiro atoms. The van der Waals surface area contributed by atoms with Crippen molar-refractivity contribution in [2.24, 2.45) is 0 Å². The number of nitrogens with zero attached hydrogens (tertiary/aromatic N) is 1. The van der Waals surface area contributed by atoms with Gasteiger partial charge in [-0.05, 0) is 48.9 Å². The van der Waals surface area contributed by atoms with E-state index in [1.807, 2.05) is 6.92 Å². The van der Waals surface area contributed by atoms with E-state index in [2.05, 4.69) is 0 Å². The molecular formula is C20H19NO6. The average Bonchev–Trinajstić information content (AvgIpc) is 2.91. The second kappa shape index (κ2) is 7.41. The third kappa shape index (κ3) is 3.19. The van der Waals surface area contributed by atoms with Crippen LogP contribution in [0.5, 0.6) is 17.2 Å². The summed E-state index contributed by atoms with van der Waals surface area (Å²) in [6.45, 7) is 2.37. The first-order valence-corrected chi connectivity index (χ1v) is 8.29. The summed E-state index contributed by atoms with van der Waals surface area (Å²) in [6.07, 6.45) is 0. The van der Waals surface area contributed by atoms with Crippen molar-refractivity contribution in [3.05, 3.63) is 53.8 Å². The van der Waals surface area contributed by atoms with Crippen LogP contribution in [-0.4, -0.2) is 37.7 Å². The zero-order chi connectivity index (χ0) is 19.6. The summed E-state index contributed by atoms with van der Waals surface area (Å²) in [5.41, 5.74) is 0.613. The lowest BCUT2D eigenvalue weighted by Gasteiger charge is -2.15. The lowest BCUT2D eigenvalue weighted by atomic mass is 10.0. The monoisotopic (exact) mass is 369 g/mol. The van der Waals surface area contributed by atoms with Gasteiger partial charge in [0.05, 0.1) is 32.1 Å². The molecule has 27 heavy (non-hydrogen) atoms. The van der Waals surface area contributed by atoms with Crippen LogP contribution in [0.1, 0.15) is 12.5 Å².